The van der Waals surface area contributed by atoms with Crippen molar-refractivity contribution < 1.29 is 4.79 Å². The Hall–Kier alpha value is -1.47. The van der Waals surface area contributed by atoms with Gasteiger partial charge in [-0.15, -0.1) is 0 Å². The van der Waals surface area contributed by atoms with Gasteiger partial charge in [0.1, 0.15) is 6.17 Å². The number of hydrogen-bond donors (Lipinski definition) is 3. The summed E-state index contributed by atoms with van der Waals surface area (Å²) in [4.78, 5) is 12.7. The van der Waals surface area contributed by atoms with E-state index >= 15 is 0 Å². The lowest BCUT2D eigenvalue weighted by Crippen LogP contribution is -2.56. The first-order valence-electron chi connectivity index (χ1n) is 8.99. The summed E-state index contributed by atoms with van der Waals surface area (Å²) in [7, 11) is 0. The molecule has 3 N–H and O–H groups in total. The van der Waals surface area contributed by atoms with Gasteiger partial charge in [-0.05, 0) is 46.8 Å². The summed E-state index contributed by atoms with van der Waals surface area (Å²) < 4.78 is -1.87. The fourth-order valence-electron chi connectivity index (χ4n) is 2.91. The van der Waals surface area contributed by atoms with E-state index in [0.717, 1.165) is 16.3 Å². The molecule has 162 valence electrons. The van der Waals surface area contributed by atoms with Crippen molar-refractivity contribution in [1.82, 2.24) is 10.6 Å². The zero-order chi connectivity index (χ0) is 22.6. The number of halogens is 5. The lowest BCUT2D eigenvalue weighted by molar-refractivity contribution is -0.121. The minimum atomic E-state index is -1.87. The average Bonchev–Trinajstić information content (AvgIpc) is 2.69. The Morgan fingerprint density at radius 3 is 2.39 bits per heavy atom. The Morgan fingerprint density at radius 1 is 0.968 bits per heavy atom. The molecule has 0 bridgehead atoms. The van der Waals surface area contributed by atoms with E-state index in [1.54, 1.807) is 18.2 Å². The van der Waals surface area contributed by atoms with Crippen LogP contribution in [0.2, 0.25) is 10.0 Å². The summed E-state index contributed by atoms with van der Waals surface area (Å²) in [6, 6.07) is 18.4. The van der Waals surface area contributed by atoms with Crippen LogP contribution in [-0.4, -0.2) is 21.0 Å². The molecule has 0 fully saturated rings. The predicted octanol–water partition coefficient (Wildman–Crippen LogP) is 6.49. The molecule has 31 heavy (non-hydrogen) atoms. The molecule has 0 aromatic heterocycles. The van der Waals surface area contributed by atoms with Gasteiger partial charge in [-0.3, -0.25) is 4.79 Å². The maximum atomic E-state index is 12.7. The maximum Gasteiger partial charge on any atom is 0.228 e. The molecule has 10 heteroatoms. The topological polar surface area (TPSA) is 53.2 Å². The van der Waals surface area contributed by atoms with Crippen LogP contribution in [0.25, 0.3) is 10.8 Å². The monoisotopic (exact) mass is 533 g/mol. The second-order valence-corrected chi connectivity index (χ2v) is 10.2. The standard InChI is InChI=1S/C21H16Cl5N3OS/c22-14-8-9-17(16(23)11-14)27-20(31)29-19(21(24,25)26)28-18(30)10-13-6-3-5-12-4-1-2-7-15(12)13/h1-9,11,19H,10H2,(H,28,30)(H2,27,29,31)/t19-/m1/s1. The Kier molecular flexibility index (Phi) is 8.14. The molecule has 1 atom stereocenters. The zero-order valence-corrected chi connectivity index (χ0v) is 20.4. The number of hydrogen-bond acceptors (Lipinski definition) is 2. The van der Waals surface area contributed by atoms with Crippen LogP contribution < -0.4 is 16.0 Å². The highest BCUT2D eigenvalue weighted by Gasteiger charge is 2.34. The lowest BCUT2D eigenvalue weighted by atomic mass is 10.0. The molecule has 0 spiro atoms. The molecule has 1 amide bonds. The van der Waals surface area contributed by atoms with E-state index in [-0.39, 0.29) is 17.4 Å². The van der Waals surface area contributed by atoms with Gasteiger partial charge in [-0.2, -0.15) is 0 Å². The van der Waals surface area contributed by atoms with E-state index in [0.29, 0.717) is 15.7 Å². The number of carbonyl (C=O) groups is 1. The number of rotatable bonds is 5. The van der Waals surface area contributed by atoms with Gasteiger partial charge >= 0.3 is 0 Å². The van der Waals surface area contributed by atoms with E-state index in [9.17, 15) is 4.79 Å². The Bertz CT molecular complexity index is 1110. The molecule has 0 heterocycles. The first kappa shape index (κ1) is 24.2. The zero-order valence-electron chi connectivity index (χ0n) is 15.8. The molecule has 4 nitrogen and oxygen atoms in total. The van der Waals surface area contributed by atoms with Crippen LogP contribution >= 0.6 is 70.2 Å². The minimum Gasteiger partial charge on any atom is -0.339 e. The van der Waals surface area contributed by atoms with Crippen molar-refractivity contribution in [3.63, 3.8) is 0 Å². The van der Waals surface area contributed by atoms with Gasteiger partial charge in [0.2, 0.25) is 9.70 Å². The third-order valence-electron chi connectivity index (χ3n) is 4.32. The van der Waals surface area contributed by atoms with Crippen LogP contribution in [0.4, 0.5) is 5.69 Å². The number of nitrogens with one attached hydrogen (secondary N) is 3. The van der Waals surface area contributed by atoms with E-state index in [4.69, 9.17) is 70.2 Å². The number of anilines is 1. The molecule has 0 aliphatic heterocycles. The Balaban J connectivity index is 1.69. The summed E-state index contributed by atoms with van der Waals surface area (Å²) in [6.45, 7) is 0. The molecule has 3 aromatic rings. The normalized spacial score (nSPS) is 12.3. The fourth-order valence-corrected chi connectivity index (χ4v) is 3.92. The van der Waals surface area contributed by atoms with Crippen molar-refractivity contribution in [3.8, 4) is 0 Å². The number of benzene rings is 3. The summed E-state index contributed by atoms with van der Waals surface area (Å²) in [5, 5.41) is 11.3. The van der Waals surface area contributed by atoms with Gasteiger partial charge in [-0.25, -0.2) is 0 Å². The number of alkyl halides is 3. The van der Waals surface area contributed by atoms with E-state index < -0.39 is 9.96 Å². The average molecular weight is 536 g/mol. The second-order valence-electron chi connectivity index (χ2n) is 6.58. The van der Waals surface area contributed by atoms with Crippen molar-refractivity contribution in [3.05, 3.63) is 76.3 Å². The van der Waals surface area contributed by atoms with Crippen molar-refractivity contribution >= 4 is 97.7 Å². The predicted molar refractivity (Wildman–Crippen MR) is 136 cm³/mol. The van der Waals surface area contributed by atoms with Crippen LogP contribution in [0, 0.1) is 0 Å². The highest BCUT2D eigenvalue weighted by Crippen LogP contribution is 2.30. The molecule has 0 saturated carbocycles. The minimum absolute atomic E-state index is 0.101. The summed E-state index contributed by atoms with van der Waals surface area (Å²) in [6.07, 6.45) is -0.991. The summed E-state index contributed by atoms with van der Waals surface area (Å²) in [5.41, 5.74) is 1.36. The highest BCUT2D eigenvalue weighted by molar-refractivity contribution is 7.80. The van der Waals surface area contributed by atoms with Crippen LogP contribution in [0.1, 0.15) is 5.56 Å². The van der Waals surface area contributed by atoms with Crippen molar-refractivity contribution in [2.75, 3.05) is 5.32 Å². The summed E-state index contributed by atoms with van der Waals surface area (Å²) in [5.74, 6) is -0.340. The number of amides is 1. The van der Waals surface area contributed by atoms with Gasteiger partial charge in [0, 0.05) is 5.02 Å². The summed E-state index contributed by atoms with van der Waals surface area (Å²) >= 11 is 35.5. The Morgan fingerprint density at radius 2 is 1.68 bits per heavy atom. The SMILES string of the molecule is O=C(Cc1cccc2ccccc12)N[C@H](NC(=S)Nc1ccc(Cl)cc1Cl)C(Cl)(Cl)Cl. The molecular weight excluding hydrogens is 520 g/mol. The van der Waals surface area contributed by atoms with Gasteiger partial charge in [-0.1, -0.05) is 100 Å². The van der Waals surface area contributed by atoms with E-state index in [2.05, 4.69) is 16.0 Å². The van der Waals surface area contributed by atoms with Gasteiger partial charge in [0.25, 0.3) is 0 Å². The van der Waals surface area contributed by atoms with Crippen LogP contribution in [-0.2, 0) is 11.2 Å². The molecule has 0 saturated heterocycles. The molecule has 0 aliphatic carbocycles. The first-order chi connectivity index (χ1) is 14.6. The first-order valence-corrected chi connectivity index (χ1v) is 11.3. The Labute approximate surface area is 210 Å². The maximum absolute atomic E-state index is 12.7. The molecule has 0 radical (unpaired) electrons. The number of carbonyl (C=O) groups excluding carboxylic acids is 1. The quantitative estimate of drug-likeness (QED) is 0.199. The van der Waals surface area contributed by atoms with E-state index in [1.165, 1.54) is 0 Å². The van der Waals surface area contributed by atoms with Crippen LogP contribution in [0.5, 0.6) is 0 Å². The second kappa shape index (κ2) is 10.4. The van der Waals surface area contributed by atoms with Crippen molar-refractivity contribution in [2.24, 2.45) is 0 Å². The number of thiocarbonyl (C=S) groups is 1. The highest BCUT2D eigenvalue weighted by atomic mass is 35.6. The van der Waals surface area contributed by atoms with Crippen LogP contribution in [0.3, 0.4) is 0 Å². The smallest absolute Gasteiger partial charge is 0.228 e. The van der Waals surface area contributed by atoms with Gasteiger partial charge < -0.3 is 16.0 Å². The molecule has 3 rings (SSSR count). The molecular formula is C21H16Cl5N3OS. The van der Waals surface area contributed by atoms with Gasteiger partial charge in [0.05, 0.1) is 17.1 Å². The molecule has 3 aromatic carbocycles. The molecule has 0 aliphatic rings. The van der Waals surface area contributed by atoms with E-state index in [1.807, 2.05) is 42.5 Å². The number of fused-ring (bicyclic) bond motifs is 1. The van der Waals surface area contributed by atoms with Crippen LogP contribution in [0.15, 0.2) is 60.7 Å². The third-order valence-corrected chi connectivity index (χ3v) is 5.74. The van der Waals surface area contributed by atoms with Crippen molar-refractivity contribution in [1.29, 1.82) is 0 Å². The third kappa shape index (κ3) is 6.75. The van der Waals surface area contributed by atoms with Crippen molar-refractivity contribution in [2.45, 2.75) is 16.4 Å². The van der Waals surface area contributed by atoms with Gasteiger partial charge in [0.15, 0.2) is 5.11 Å². The fraction of sp³-hybridized carbons (Fsp3) is 0.143. The lowest BCUT2D eigenvalue weighted by Gasteiger charge is -2.28. The largest absolute Gasteiger partial charge is 0.339 e. The molecule has 0 unspecified atom stereocenters.